The van der Waals surface area contributed by atoms with Crippen molar-refractivity contribution in [3.8, 4) is 11.4 Å². The van der Waals surface area contributed by atoms with Gasteiger partial charge < -0.3 is 4.57 Å². The normalized spacial score (nSPS) is 11.7. The molecular formula is C12H15N3O2S. The van der Waals surface area contributed by atoms with Crippen LogP contribution in [-0.2, 0) is 16.4 Å². The Morgan fingerprint density at radius 3 is 2.44 bits per heavy atom. The molecule has 2 rings (SSSR count). The van der Waals surface area contributed by atoms with Crippen molar-refractivity contribution in [3.05, 3.63) is 30.6 Å². The van der Waals surface area contributed by atoms with Crippen LogP contribution in [0.4, 0.5) is 0 Å². The van der Waals surface area contributed by atoms with Crippen molar-refractivity contribution in [1.82, 2.24) is 14.8 Å². The van der Waals surface area contributed by atoms with Crippen LogP contribution in [0.1, 0.15) is 13.3 Å². The van der Waals surface area contributed by atoms with Gasteiger partial charge in [-0.25, -0.2) is 8.42 Å². The van der Waals surface area contributed by atoms with Crippen LogP contribution in [0.3, 0.4) is 0 Å². The first-order chi connectivity index (χ1) is 8.52. The van der Waals surface area contributed by atoms with Gasteiger partial charge in [-0.1, -0.05) is 6.92 Å². The van der Waals surface area contributed by atoms with Crippen LogP contribution in [0.5, 0.6) is 0 Å². The Hall–Kier alpha value is -1.69. The molecule has 96 valence electrons. The van der Waals surface area contributed by atoms with Crippen molar-refractivity contribution in [2.24, 2.45) is 0 Å². The largest absolute Gasteiger partial charge is 0.314 e. The molecule has 6 heteroatoms. The fourth-order valence-corrected chi connectivity index (χ4v) is 2.36. The van der Waals surface area contributed by atoms with E-state index in [1.165, 1.54) is 6.26 Å². The van der Waals surface area contributed by atoms with Gasteiger partial charge in [-0.15, -0.1) is 10.2 Å². The second-order valence-electron chi connectivity index (χ2n) is 4.14. The van der Waals surface area contributed by atoms with Gasteiger partial charge in [0.1, 0.15) is 6.33 Å². The van der Waals surface area contributed by atoms with E-state index in [1.807, 2.05) is 4.57 Å². The van der Waals surface area contributed by atoms with E-state index in [4.69, 9.17) is 0 Å². The van der Waals surface area contributed by atoms with E-state index in [-0.39, 0.29) is 0 Å². The summed E-state index contributed by atoms with van der Waals surface area (Å²) in [5, 5.41) is 7.94. The highest BCUT2D eigenvalue weighted by Crippen LogP contribution is 2.19. The number of sulfone groups is 1. The van der Waals surface area contributed by atoms with E-state index in [2.05, 4.69) is 17.1 Å². The molecule has 0 aliphatic heterocycles. The average Bonchev–Trinajstić information content (AvgIpc) is 2.77. The Labute approximate surface area is 106 Å². The van der Waals surface area contributed by atoms with Gasteiger partial charge in [0.25, 0.3) is 0 Å². The van der Waals surface area contributed by atoms with E-state index in [9.17, 15) is 8.42 Å². The monoisotopic (exact) mass is 265 g/mol. The summed E-state index contributed by atoms with van der Waals surface area (Å²) in [4.78, 5) is 0.313. The van der Waals surface area contributed by atoms with Gasteiger partial charge in [0, 0.05) is 18.4 Å². The second-order valence-corrected chi connectivity index (χ2v) is 6.16. The van der Waals surface area contributed by atoms with Crippen LogP contribution < -0.4 is 0 Å². The van der Waals surface area contributed by atoms with Gasteiger partial charge in [0.15, 0.2) is 15.7 Å². The zero-order chi connectivity index (χ0) is 13.2. The molecule has 0 aliphatic rings. The Morgan fingerprint density at radius 2 is 1.89 bits per heavy atom. The molecular weight excluding hydrogens is 250 g/mol. The number of rotatable bonds is 4. The van der Waals surface area contributed by atoms with Gasteiger partial charge in [-0.2, -0.15) is 0 Å². The molecule has 18 heavy (non-hydrogen) atoms. The van der Waals surface area contributed by atoms with Gasteiger partial charge in [-0.05, 0) is 30.7 Å². The molecule has 5 nitrogen and oxygen atoms in total. The molecule has 0 bridgehead atoms. The fourth-order valence-electron chi connectivity index (χ4n) is 1.73. The van der Waals surface area contributed by atoms with Crippen molar-refractivity contribution in [1.29, 1.82) is 0 Å². The highest BCUT2D eigenvalue weighted by molar-refractivity contribution is 7.90. The number of benzene rings is 1. The highest BCUT2D eigenvalue weighted by atomic mass is 32.2. The Balaban J connectivity index is 2.37. The smallest absolute Gasteiger partial charge is 0.175 e. The standard InChI is InChI=1S/C12H15N3O2S/c1-3-8-15-9-13-14-12(15)10-4-6-11(7-5-10)18(2,16)17/h4-7,9H,3,8H2,1-2H3. The minimum Gasteiger partial charge on any atom is -0.314 e. The van der Waals surface area contributed by atoms with Gasteiger partial charge in [-0.3, -0.25) is 0 Å². The molecule has 0 spiro atoms. The van der Waals surface area contributed by atoms with Crippen molar-refractivity contribution < 1.29 is 8.42 Å². The topological polar surface area (TPSA) is 64.8 Å². The second kappa shape index (κ2) is 4.89. The highest BCUT2D eigenvalue weighted by Gasteiger charge is 2.10. The molecule has 0 radical (unpaired) electrons. The van der Waals surface area contributed by atoms with Gasteiger partial charge in [0.05, 0.1) is 4.90 Å². The minimum atomic E-state index is -3.15. The molecule has 0 aliphatic carbocycles. The number of hydrogen-bond donors (Lipinski definition) is 0. The maximum atomic E-state index is 11.4. The molecule has 0 N–H and O–H groups in total. The third-order valence-corrected chi connectivity index (χ3v) is 3.75. The molecule has 0 saturated heterocycles. The van der Waals surface area contributed by atoms with Crippen LogP contribution in [0, 0.1) is 0 Å². The van der Waals surface area contributed by atoms with Crippen LogP contribution in [0.25, 0.3) is 11.4 Å². The van der Waals surface area contributed by atoms with Crippen molar-refractivity contribution in [3.63, 3.8) is 0 Å². The molecule has 0 saturated carbocycles. The van der Waals surface area contributed by atoms with Gasteiger partial charge in [0.2, 0.25) is 0 Å². The third kappa shape index (κ3) is 2.59. The van der Waals surface area contributed by atoms with Gasteiger partial charge >= 0.3 is 0 Å². The van der Waals surface area contributed by atoms with E-state index in [1.54, 1.807) is 30.6 Å². The molecule has 1 aromatic carbocycles. The summed E-state index contributed by atoms with van der Waals surface area (Å²) < 4.78 is 24.7. The van der Waals surface area contributed by atoms with E-state index in [0.717, 1.165) is 24.4 Å². The lowest BCUT2D eigenvalue weighted by Crippen LogP contribution is -1.99. The molecule has 0 amide bonds. The summed E-state index contributed by atoms with van der Waals surface area (Å²) in [6.45, 7) is 2.92. The molecule has 2 aromatic rings. The van der Waals surface area contributed by atoms with Crippen LogP contribution in [-0.4, -0.2) is 29.4 Å². The Morgan fingerprint density at radius 1 is 1.22 bits per heavy atom. The summed E-state index contributed by atoms with van der Waals surface area (Å²) in [7, 11) is -3.15. The number of hydrogen-bond acceptors (Lipinski definition) is 4. The summed E-state index contributed by atoms with van der Waals surface area (Å²) in [5.41, 5.74) is 0.869. The first-order valence-corrected chi connectivity index (χ1v) is 7.60. The quantitative estimate of drug-likeness (QED) is 0.845. The fraction of sp³-hybridized carbons (Fsp3) is 0.333. The SMILES string of the molecule is CCCn1cnnc1-c1ccc(S(C)(=O)=O)cc1. The van der Waals surface area contributed by atoms with Crippen LogP contribution >= 0.6 is 0 Å². The first-order valence-electron chi connectivity index (χ1n) is 5.70. The summed E-state index contributed by atoms with van der Waals surface area (Å²) >= 11 is 0. The Bertz CT molecular complexity index is 630. The molecule has 0 unspecified atom stereocenters. The maximum absolute atomic E-state index is 11.4. The average molecular weight is 265 g/mol. The Kier molecular flexibility index (Phi) is 3.47. The van der Waals surface area contributed by atoms with Crippen LogP contribution in [0.2, 0.25) is 0 Å². The summed E-state index contributed by atoms with van der Waals surface area (Å²) in [6.07, 6.45) is 3.87. The van der Waals surface area contributed by atoms with E-state index in [0.29, 0.717) is 4.90 Å². The van der Waals surface area contributed by atoms with E-state index >= 15 is 0 Å². The lowest BCUT2D eigenvalue weighted by atomic mass is 10.2. The zero-order valence-electron chi connectivity index (χ0n) is 10.4. The zero-order valence-corrected chi connectivity index (χ0v) is 11.2. The molecule has 0 atom stereocenters. The summed E-state index contributed by atoms with van der Waals surface area (Å²) in [6, 6.07) is 6.70. The number of aryl methyl sites for hydroxylation is 1. The lowest BCUT2D eigenvalue weighted by molar-refractivity contribution is 0.602. The number of aromatic nitrogens is 3. The van der Waals surface area contributed by atoms with Crippen molar-refractivity contribution in [2.45, 2.75) is 24.8 Å². The van der Waals surface area contributed by atoms with Crippen molar-refractivity contribution in [2.75, 3.05) is 6.26 Å². The predicted molar refractivity (Wildman–Crippen MR) is 68.9 cm³/mol. The molecule has 1 heterocycles. The summed E-state index contributed by atoms with van der Waals surface area (Å²) in [5.74, 6) is 0.761. The first kappa shape index (κ1) is 12.8. The maximum Gasteiger partial charge on any atom is 0.175 e. The predicted octanol–water partition coefficient (Wildman–Crippen LogP) is 1.76. The molecule has 0 fully saturated rings. The third-order valence-electron chi connectivity index (χ3n) is 2.62. The van der Waals surface area contributed by atoms with Crippen LogP contribution in [0.15, 0.2) is 35.5 Å². The lowest BCUT2D eigenvalue weighted by Gasteiger charge is -2.05. The minimum absolute atomic E-state index is 0.313. The molecule has 1 aromatic heterocycles. The van der Waals surface area contributed by atoms with Crippen molar-refractivity contribution >= 4 is 9.84 Å². The van der Waals surface area contributed by atoms with E-state index < -0.39 is 9.84 Å². The number of nitrogens with zero attached hydrogens (tertiary/aromatic N) is 3.